The lowest BCUT2D eigenvalue weighted by atomic mass is 9.92. The van der Waals surface area contributed by atoms with Crippen molar-refractivity contribution in [1.29, 1.82) is 0 Å². The second-order valence-electron chi connectivity index (χ2n) is 4.80. The Morgan fingerprint density at radius 1 is 1.41 bits per heavy atom. The van der Waals surface area contributed by atoms with E-state index in [1.54, 1.807) is 6.07 Å². The van der Waals surface area contributed by atoms with Crippen molar-refractivity contribution in [2.24, 2.45) is 0 Å². The minimum absolute atomic E-state index is 0.118. The minimum Gasteiger partial charge on any atom is -0.508 e. The molecular weight excluding hydrogens is 282 g/mol. The Morgan fingerprint density at radius 2 is 2.12 bits per heavy atom. The molecule has 0 aliphatic carbocycles. The van der Waals surface area contributed by atoms with Gasteiger partial charge in [-0.1, -0.05) is 15.9 Å². The Hall–Kier alpha value is -0.580. The van der Waals surface area contributed by atoms with E-state index in [-0.39, 0.29) is 5.54 Å². The van der Waals surface area contributed by atoms with Crippen LogP contribution in [0.4, 0.5) is 0 Å². The normalized spacial score (nSPS) is 19.2. The molecule has 0 atom stereocenters. The molecule has 0 radical (unpaired) electrons. The lowest BCUT2D eigenvalue weighted by molar-refractivity contribution is 0.0445. The highest BCUT2D eigenvalue weighted by Gasteiger charge is 2.26. The Balaban J connectivity index is 1.99. The Morgan fingerprint density at radius 3 is 2.82 bits per heavy atom. The molecule has 1 aromatic rings. The van der Waals surface area contributed by atoms with Crippen molar-refractivity contribution < 1.29 is 9.84 Å². The molecule has 1 aliphatic heterocycles. The molecule has 1 saturated heterocycles. The van der Waals surface area contributed by atoms with Gasteiger partial charge in [-0.3, -0.25) is 0 Å². The summed E-state index contributed by atoms with van der Waals surface area (Å²) in [5.41, 5.74) is 1.04. The van der Waals surface area contributed by atoms with Gasteiger partial charge >= 0.3 is 0 Å². The fourth-order valence-electron chi connectivity index (χ4n) is 2.00. The van der Waals surface area contributed by atoms with E-state index in [1.165, 1.54) is 0 Å². The SMILES string of the molecule is CC1(NCc2cc(Br)ccc2O)CCOCC1. The molecule has 0 aromatic heterocycles. The van der Waals surface area contributed by atoms with E-state index in [4.69, 9.17) is 4.74 Å². The number of ether oxygens (including phenoxy) is 1. The number of nitrogens with one attached hydrogen (secondary N) is 1. The van der Waals surface area contributed by atoms with Crippen molar-refractivity contribution in [3.63, 3.8) is 0 Å². The van der Waals surface area contributed by atoms with E-state index < -0.39 is 0 Å². The zero-order valence-corrected chi connectivity index (χ0v) is 11.6. The van der Waals surface area contributed by atoms with Crippen molar-refractivity contribution in [2.75, 3.05) is 13.2 Å². The maximum Gasteiger partial charge on any atom is 0.120 e. The van der Waals surface area contributed by atoms with Gasteiger partial charge in [0.15, 0.2) is 0 Å². The van der Waals surface area contributed by atoms with E-state index >= 15 is 0 Å². The Kier molecular flexibility index (Phi) is 4.07. The van der Waals surface area contributed by atoms with E-state index in [2.05, 4.69) is 28.2 Å². The predicted molar refractivity (Wildman–Crippen MR) is 71.1 cm³/mol. The van der Waals surface area contributed by atoms with Crippen LogP contribution in [0.2, 0.25) is 0 Å². The summed E-state index contributed by atoms with van der Waals surface area (Å²) in [6.45, 7) is 4.52. The van der Waals surface area contributed by atoms with Gasteiger partial charge in [0.05, 0.1) is 0 Å². The third kappa shape index (κ3) is 3.44. The molecule has 1 aromatic carbocycles. The highest BCUT2D eigenvalue weighted by molar-refractivity contribution is 9.10. The second kappa shape index (κ2) is 5.38. The average molecular weight is 300 g/mol. The van der Waals surface area contributed by atoms with E-state index in [1.807, 2.05) is 12.1 Å². The lowest BCUT2D eigenvalue weighted by Crippen LogP contribution is -2.46. The molecule has 94 valence electrons. The Bertz CT molecular complexity index is 389. The first-order chi connectivity index (χ1) is 8.09. The summed E-state index contributed by atoms with van der Waals surface area (Å²) in [5, 5.41) is 13.3. The molecule has 1 aliphatic rings. The lowest BCUT2D eigenvalue weighted by Gasteiger charge is -2.34. The monoisotopic (exact) mass is 299 g/mol. The zero-order chi connectivity index (χ0) is 12.3. The van der Waals surface area contributed by atoms with Crippen LogP contribution in [0.5, 0.6) is 5.75 Å². The molecule has 0 amide bonds. The van der Waals surface area contributed by atoms with E-state index in [0.29, 0.717) is 12.3 Å². The molecule has 0 unspecified atom stereocenters. The molecule has 4 heteroatoms. The van der Waals surface area contributed by atoms with Crippen LogP contribution in [0.3, 0.4) is 0 Å². The molecule has 1 fully saturated rings. The highest BCUT2D eigenvalue weighted by atomic mass is 79.9. The number of hydrogen-bond acceptors (Lipinski definition) is 3. The summed E-state index contributed by atoms with van der Waals surface area (Å²) < 4.78 is 6.35. The number of halogens is 1. The van der Waals surface area contributed by atoms with Crippen LogP contribution in [0.1, 0.15) is 25.3 Å². The van der Waals surface area contributed by atoms with Crippen LogP contribution in [0.25, 0.3) is 0 Å². The van der Waals surface area contributed by atoms with Gasteiger partial charge in [0.1, 0.15) is 5.75 Å². The fraction of sp³-hybridized carbons (Fsp3) is 0.538. The van der Waals surface area contributed by atoms with Crippen molar-refractivity contribution in [3.05, 3.63) is 28.2 Å². The van der Waals surface area contributed by atoms with E-state index in [9.17, 15) is 5.11 Å². The van der Waals surface area contributed by atoms with Crippen molar-refractivity contribution >= 4 is 15.9 Å². The topological polar surface area (TPSA) is 41.5 Å². The number of aromatic hydroxyl groups is 1. The van der Waals surface area contributed by atoms with Gasteiger partial charge < -0.3 is 15.2 Å². The predicted octanol–water partition coefficient (Wildman–Crippen LogP) is 2.81. The molecule has 2 N–H and O–H groups in total. The molecule has 1 heterocycles. The van der Waals surface area contributed by atoms with Crippen LogP contribution in [-0.2, 0) is 11.3 Å². The third-order valence-corrected chi connectivity index (χ3v) is 3.84. The summed E-state index contributed by atoms with van der Waals surface area (Å²) >= 11 is 3.42. The second-order valence-corrected chi connectivity index (χ2v) is 5.72. The van der Waals surface area contributed by atoms with E-state index in [0.717, 1.165) is 36.1 Å². The minimum atomic E-state index is 0.118. The molecule has 17 heavy (non-hydrogen) atoms. The molecule has 0 bridgehead atoms. The van der Waals surface area contributed by atoms with Crippen molar-refractivity contribution in [1.82, 2.24) is 5.32 Å². The first-order valence-corrected chi connectivity index (χ1v) is 6.69. The standard InChI is InChI=1S/C13H18BrNO2/c1-13(4-6-17-7-5-13)15-9-10-8-11(14)2-3-12(10)16/h2-3,8,15-16H,4-7,9H2,1H3. The molecular formula is C13H18BrNO2. The van der Waals surface area contributed by atoms with Gasteiger partial charge in [-0.15, -0.1) is 0 Å². The van der Waals surface area contributed by atoms with Gasteiger partial charge in [-0.2, -0.15) is 0 Å². The van der Waals surface area contributed by atoms with Crippen LogP contribution in [-0.4, -0.2) is 23.9 Å². The summed E-state index contributed by atoms with van der Waals surface area (Å²) in [7, 11) is 0. The van der Waals surface area contributed by atoms with Gasteiger partial charge in [0.2, 0.25) is 0 Å². The maximum atomic E-state index is 9.76. The van der Waals surface area contributed by atoms with Crippen LogP contribution in [0.15, 0.2) is 22.7 Å². The summed E-state index contributed by atoms with van der Waals surface area (Å²) in [5.74, 6) is 0.344. The van der Waals surface area contributed by atoms with Crippen LogP contribution in [0, 0.1) is 0 Å². The first kappa shape index (κ1) is 12.9. The van der Waals surface area contributed by atoms with Gasteiger partial charge in [-0.05, 0) is 38.0 Å². The van der Waals surface area contributed by atoms with Gasteiger partial charge in [0, 0.05) is 35.3 Å². The number of benzene rings is 1. The molecule has 0 spiro atoms. The molecule has 2 rings (SSSR count). The van der Waals surface area contributed by atoms with Crippen LogP contribution >= 0.6 is 15.9 Å². The number of phenolic OH excluding ortho intramolecular Hbond substituents is 1. The number of phenols is 1. The average Bonchev–Trinajstić information content (AvgIpc) is 2.31. The van der Waals surface area contributed by atoms with Crippen LogP contribution < -0.4 is 5.32 Å². The smallest absolute Gasteiger partial charge is 0.120 e. The summed E-state index contributed by atoms with van der Waals surface area (Å²) in [6.07, 6.45) is 2.03. The highest BCUT2D eigenvalue weighted by Crippen LogP contribution is 2.24. The number of hydrogen-bond donors (Lipinski definition) is 2. The number of rotatable bonds is 3. The third-order valence-electron chi connectivity index (χ3n) is 3.34. The summed E-state index contributed by atoms with van der Waals surface area (Å²) in [4.78, 5) is 0. The molecule has 3 nitrogen and oxygen atoms in total. The molecule has 0 saturated carbocycles. The Labute approximate surface area is 110 Å². The quantitative estimate of drug-likeness (QED) is 0.902. The van der Waals surface area contributed by atoms with Crippen molar-refractivity contribution in [2.45, 2.75) is 31.8 Å². The van der Waals surface area contributed by atoms with Gasteiger partial charge in [0.25, 0.3) is 0 Å². The van der Waals surface area contributed by atoms with Gasteiger partial charge in [-0.25, -0.2) is 0 Å². The van der Waals surface area contributed by atoms with Crippen molar-refractivity contribution in [3.8, 4) is 5.75 Å². The zero-order valence-electron chi connectivity index (χ0n) is 10.0. The fourth-order valence-corrected chi connectivity index (χ4v) is 2.41. The first-order valence-electron chi connectivity index (χ1n) is 5.89. The maximum absolute atomic E-state index is 9.76. The largest absolute Gasteiger partial charge is 0.508 e. The summed E-state index contributed by atoms with van der Waals surface area (Å²) in [6, 6.07) is 5.51.